The number of carbonyl (C=O) groups excluding carboxylic acids is 1. The summed E-state index contributed by atoms with van der Waals surface area (Å²) < 4.78 is 0. The molecular formula is C14H28N2O3S. The number of carboxylic acids is 1. The number of carboxylic acid groups (broad SMARTS) is 1. The van der Waals surface area contributed by atoms with Gasteiger partial charge in [0.05, 0.1) is 5.92 Å². The summed E-state index contributed by atoms with van der Waals surface area (Å²) >= 11 is 1.72. The monoisotopic (exact) mass is 304 g/mol. The SMILES string of the molecule is CCC(CSC)NC(=O)NC(C)CCCC(C)C(=O)O. The molecule has 0 aliphatic heterocycles. The Hall–Kier alpha value is -0.910. The minimum atomic E-state index is -0.758. The third kappa shape index (κ3) is 9.07. The number of amides is 2. The van der Waals surface area contributed by atoms with Gasteiger partial charge in [0.1, 0.15) is 0 Å². The minimum absolute atomic E-state index is 0.0581. The van der Waals surface area contributed by atoms with Crippen LogP contribution in [0.25, 0.3) is 0 Å². The summed E-state index contributed by atoms with van der Waals surface area (Å²) in [5.74, 6) is -0.165. The number of hydrogen-bond acceptors (Lipinski definition) is 3. The summed E-state index contributed by atoms with van der Waals surface area (Å²) in [7, 11) is 0. The number of carbonyl (C=O) groups is 2. The zero-order valence-electron chi connectivity index (χ0n) is 12.9. The van der Waals surface area contributed by atoms with E-state index >= 15 is 0 Å². The van der Waals surface area contributed by atoms with E-state index in [1.165, 1.54) is 0 Å². The van der Waals surface area contributed by atoms with Crippen molar-refractivity contribution in [2.45, 2.75) is 58.5 Å². The molecule has 3 N–H and O–H groups in total. The van der Waals surface area contributed by atoms with Crippen LogP contribution in [-0.2, 0) is 4.79 Å². The predicted octanol–water partition coefficient (Wildman–Crippen LogP) is 2.71. The Morgan fingerprint density at radius 2 is 1.85 bits per heavy atom. The lowest BCUT2D eigenvalue weighted by Crippen LogP contribution is -2.46. The van der Waals surface area contributed by atoms with Crippen molar-refractivity contribution in [3.05, 3.63) is 0 Å². The maximum Gasteiger partial charge on any atom is 0.315 e. The summed E-state index contributed by atoms with van der Waals surface area (Å²) in [5.41, 5.74) is 0. The van der Waals surface area contributed by atoms with Crippen molar-refractivity contribution in [3.63, 3.8) is 0 Å². The molecule has 0 spiro atoms. The normalized spacial score (nSPS) is 15.2. The van der Waals surface area contributed by atoms with Crippen molar-refractivity contribution >= 4 is 23.8 Å². The Morgan fingerprint density at radius 3 is 2.35 bits per heavy atom. The van der Waals surface area contributed by atoms with E-state index in [-0.39, 0.29) is 24.0 Å². The van der Waals surface area contributed by atoms with Crippen LogP contribution in [0.15, 0.2) is 0 Å². The number of aliphatic carboxylic acids is 1. The fourth-order valence-electron chi connectivity index (χ4n) is 1.84. The first-order valence-corrected chi connectivity index (χ1v) is 8.58. The third-order valence-corrected chi connectivity index (χ3v) is 4.00. The molecule has 0 aromatic rings. The van der Waals surface area contributed by atoms with E-state index in [0.717, 1.165) is 25.0 Å². The summed E-state index contributed by atoms with van der Waals surface area (Å²) in [6.07, 6.45) is 5.18. The lowest BCUT2D eigenvalue weighted by molar-refractivity contribution is -0.141. The summed E-state index contributed by atoms with van der Waals surface area (Å²) in [4.78, 5) is 22.5. The van der Waals surface area contributed by atoms with Gasteiger partial charge in [-0.05, 0) is 32.4 Å². The molecule has 0 fully saturated rings. The molecule has 2 amide bonds. The fourth-order valence-corrected chi connectivity index (χ4v) is 2.56. The van der Waals surface area contributed by atoms with E-state index < -0.39 is 5.97 Å². The molecule has 0 aromatic heterocycles. The van der Waals surface area contributed by atoms with Gasteiger partial charge in [-0.1, -0.05) is 20.3 Å². The van der Waals surface area contributed by atoms with Crippen molar-refractivity contribution in [1.29, 1.82) is 0 Å². The van der Waals surface area contributed by atoms with Gasteiger partial charge in [-0.25, -0.2) is 4.79 Å². The molecule has 0 saturated heterocycles. The number of urea groups is 1. The zero-order valence-corrected chi connectivity index (χ0v) is 13.8. The Bertz CT molecular complexity index is 300. The fraction of sp³-hybridized carbons (Fsp3) is 0.857. The molecule has 5 nitrogen and oxygen atoms in total. The molecular weight excluding hydrogens is 276 g/mol. The van der Waals surface area contributed by atoms with Gasteiger partial charge in [-0.15, -0.1) is 0 Å². The van der Waals surface area contributed by atoms with Crippen LogP contribution in [0, 0.1) is 5.92 Å². The van der Waals surface area contributed by atoms with Gasteiger partial charge in [-0.3, -0.25) is 4.79 Å². The van der Waals surface area contributed by atoms with Gasteiger partial charge >= 0.3 is 12.0 Å². The highest BCUT2D eigenvalue weighted by molar-refractivity contribution is 7.98. The molecule has 20 heavy (non-hydrogen) atoms. The Labute approximate surface area is 126 Å². The topological polar surface area (TPSA) is 78.4 Å². The third-order valence-electron chi connectivity index (χ3n) is 3.27. The van der Waals surface area contributed by atoms with Crippen molar-refractivity contribution < 1.29 is 14.7 Å². The van der Waals surface area contributed by atoms with E-state index in [9.17, 15) is 9.59 Å². The van der Waals surface area contributed by atoms with Crippen LogP contribution in [0.5, 0.6) is 0 Å². The molecule has 3 unspecified atom stereocenters. The molecule has 6 heteroatoms. The maximum atomic E-state index is 11.8. The summed E-state index contributed by atoms with van der Waals surface area (Å²) in [5, 5.41) is 14.6. The second-order valence-corrected chi connectivity index (χ2v) is 6.16. The Kier molecular flexibility index (Phi) is 10.3. The summed E-state index contributed by atoms with van der Waals surface area (Å²) in [6.45, 7) is 5.71. The van der Waals surface area contributed by atoms with Gasteiger partial charge in [0.25, 0.3) is 0 Å². The van der Waals surface area contributed by atoms with Crippen LogP contribution in [0.1, 0.15) is 46.5 Å². The van der Waals surface area contributed by atoms with Crippen LogP contribution < -0.4 is 10.6 Å². The second-order valence-electron chi connectivity index (χ2n) is 5.25. The van der Waals surface area contributed by atoms with Gasteiger partial charge < -0.3 is 15.7 Å². The van der Waals surface area contributed by atoms with Crippen LogP contribution >= 0.6 is 11.8 Å². The lowest BCUT2D eigenvalue weighted by Gasteiger charge is -2.19. The molecule has 0 radical (unpaired) electrons. The Balaban J connectivity index is 3.87. The minimum Gasteiger partial charge on any atom is -0.481 e. The largest absolute Gasteiger partial charge is 0.481 e. The first kappa shape index (κ1) is 19.1. The molecule has 0 aliphatic rings. The standard InChI is InChI=1S/C14H28N2O3S/c1-5-12(9-20-4)16-14(19)15-11(3)8-6-7-10(2)13(17)18/h10-12H,5-9H2,1-4H3,(H,17,18)(H2,15,16,19). The average Bonchev–Trinajstić information content (AvgIpc) is 2.37. The summed E-state index contributed by atoms with van der Waals surface area (Å²) in [6, 6.07) is 0.122. The van der Waals surface area contributed by atoms with E-state index in [0.29, 0.717) is 6.42 Å². The smallest absolute Gasteiger partial charge is 0.315 e. The maximum absolute atomic E-state index is 11.8. The highest BCUT2D eigenvalue weighted by Crippen LogP contribution is 2.09. The van der Waals surface area contributed by atoms with Gasteiger partial charge in [0.15, 0.2) is 0 Å². The van der Waals surface area contributed by atoms with Gasteiger partial charge in [0, 0.05) is 17.8 Å². The number of hydrogen-bond donors (Lipinski definition) is 3. The quantitative estimate of drug-likeness (QED) is 0.580. The van der Waals surface area contributed by atoms with E-state index in [1.807, 2.05) is 13.2 Å². The molecule has 0 saturated carbocycles. The first-order chi connectivity index (χ1) is 9.40. The molecule has 0 aromatic carbocycles. The number of thioether (sulfide) groups is 1. The van der Waals surface area contributed by atoms with Crippen LogP contribution in [0.3, 0.4) is 0 Å². The van der Waals surface area contributed by atoms with E-state index in [2.05, 4.69) is 17.6 Å². The molecule has 118 valence electrons. The van der Waals surface area contributed by atoms with Crippen molar-refractivity contribution in [2.24, 2.45) is 5.92 Å². The Morgan fingerprint density at radius 1 is 1.20 bits per heavy atom. The van der Waals surface area contributed by atoms with Gasteiger partial charge in [0.2, 0.25) is 0 Å². The highest BCUT2D eigenvalue weighted by atomic mass is 32.2. The number of nitrogens with one attached hydrogen (secondary N) is 2. The van der Waals surface area contributed by atoms with Crippen LogP contribution in [0.4, 0.5) is 4.79 Å². The molecule has 3 atom stereocenters. The van der Waals surface area contributed by atoms with Crippen molar-refractivity contribution in [1.82, 2.24) is 10.6 Å². The number of rotatable bonds is 10. The van der Waals surface area contributed by atoms with E-state index in [1.54, 1.807) is 18.7 Å². The molecule has 0 heterocycles. The molecule has 0 bridgehead atoms. The molecule has 0 rings (SSSR count). The van der Waals surface area contributed by atoms with Gasteiger partial charge in [-0.2, -0.15) is 11.8 Å². The first-order valence-electron chi connectivity index (χ1n) is 7.19. The van der Waals surface area contributed by atoms with E-state index in [4.69, 9.17) is 5.11 Å². The average molecular weight is 304 g/mol. The lowest BCUT2D eigenvalue weighted by atomic mass is 10.0. The zero-order chi connectivity index (χ0) is 15.5. The molecule has 0 aliphatic carbocycles. The van der Waals surface area contributed by atoms with Crippen LogP contribution in [0.2, 0.25) is 0 Å². The second kappa shape index (κ2) is 10.8. The van der Waals surface area contributed by atoms with Crippen molar-refractivity contribution in [2.75, 3.05) is 12.0 Å². The van der Waals surface area contributed by atoms with Crippen LogP contribution in [-0.4, -0.2) is 41.2 Å². The predicted molar refractivity (Wildman–Crippen MR) is 84.2 cm³/mol. The van der Waals surface area contributed by atoms with Crippen molar-refractivity contribution in [3.8, 4) is 0 Å². The highest BCUT2D eigenvalue weighted by Gasteiger charge is 2.14.